The van der Waals surface area contributed by atoms with E-state index in [4.69, 9.17) is 9.47 Å². The van der Waals surface area contributed by atoms with Crippen LogP contribution in [0.25, 0.3) is 10.8 Å². The van der Waals surface area contributed by atoms with Crippen LogP contribution >= 0.6 is 0 Å². The summed E-state index contributed by atoms with van der Waals surface area (Å²) in [7, 11) is 0. The molecule has 0 radical (unpaired) electrons. The number of aryl methyl sites for hydroxylation is 1. The zero-order valence-corrected chi connectivity index (χ0v) is 21.4. The number of benzene rings is 3. The molecule has 2 saturated carbocycles. The highest BCUT2D eigenvalue weighted by molar-refractivity contribution is 5.97. The van der Waals surface area contributed by atoms with Crippen molar-refractivity contribution in [2.45, 2.75) is 76.7 Å². The van der Waals surface area contributed by atoms with Crippen LogP contribution in [0.15, 0.2) is 60.7 Å². The lowest BCUT2D eigenvalue weighted by molar-refractivity contribution is 0.0293. The first kappa shape index (κ1) is 24.2. The number of carbonyl (C=O) groups excluding carboxylic acids is 2. The molecular formula is C30H34N2O4. The van der Waals surface area contributed by atoms with Crippen LogP contribution in [0.1, 0.15) is 67.9 Å². The van der Waals surface area contributed by atoms with Crippen molar-refractivity contribution in [3.63, 3.8) is 0 Å². The lowest BCUT2D eigenvalue weighted by Gasteiger charge is -2.37. The van der Waals surface area contributed by atoms with Gasteiger partial charge >= 0.3 is 6.09 Å². The van der Waals surface area contributed by atoms with E-state index in [0.29, 0.717) is 11.3 Å². The van der Waals surface area contributed by atoms with Gasteiger partial charge in [-0.25, -0.2) is 4.79 Å². The second-order valence-corrected chi connectivity index (χ2v) is 11.0. The summed E-state index contributed by atoms with van der Waals surface area (Å²) in [6, 6.07) is 20.1. The molecule has 2 N–H and O–H groups in total. The van der Waals surface area contributed by atoms with Gasteiger partial charge in [-0.2, -0.15) is 0 Å². The van der Waals surface area contributed by atoms with Gasteiger partial charge < -0.3 is 20.1 Å². The molecule has 0 bridgehead atoms. The maximum atomic E-state index is 13.5. The zero-order valence-electron chi connectivity index (χ0n) is 21.4. The molecule has 0 aliphatic heterocycles. The van der Waals surface area contributed by atoms with Gasteiger partial charge in [-0.3, -0.25) is 4.79 Å². The van der Waals surface area contributed by atoms with Crippen molar-refractivity contribution in [2.24, 2.45) is 0 Å². The monoisotopic (exact) mass is 486 g/mol. The quantitative estimate of drug-likeness (QED) is 0.448. The van der Waals surface area contributed by atoms with Crippen molar-refractivity contribution in [1.29, 1.82) is 0 Å². The molecular weight excluding hydrogens is 452 g/mol. The fourth-order valence-electron chi connectivity index (χ4n) is 4.84. The Morgan fingerprint density at radius 1 is 0.972 bits per heavy atom. The van der Waals surface area contributed by atoms with Crippen LogP contribution in [0.3, 0.4) is 0 Å². The van der Waals surface area contributed by atoms with Crippen molar-refractivity contribution in [1.82, 2.24) is 10.6 Å². The van der Waals surface area contributed by atoms with Gasteiger partial charge in [0, 0.05) is 5.56 Å². The molecule has 6 nitrogen and oxygen atoms in total. The Balaban J connectivity index is 1.28. The Hall–Kier alpha value is -3.54. The third-order valence-electron chi connectivity index (χ3n) is 7.06. The highest BCUT2D eigenvalue weighted by atomic mass is 16.6. The number of ether oxygens (including phenoxy) is 2. The summed E-state index contributed by atoms with van der Waals surface area (Å²) in [5, 5.41) is 8.59. The standard InChI is InChI=1S/C30H34N2O4/c1-19-12-13-21(35-26-15-14-25(26)31-28(34)36-29(2,3)4)18-23(19)27(33)32-30(16-17-30)24-11-7-9-20-8-5-6-10-22(20)24/h5-13,18,25-26H,14-17H2,1-4H3,(H,31,34)(H,32,33)/t25?,26-/m0/s1. The zero-order chi connectivity index (χ0) is 25.5. The second-order valence-electron chi connectivity index (χ2n) is 11.0. The average Bonchev–Trinajstić information content (AvgIpc) is 3.60. The fourth-order valence-corrected chi connectivity index (χ4v) is 4.84. The van der Waals surface area contributed by atoms with E-state index < -0.39 is 11.7 Å². The van der Waals surface area contributed by atoms with Crippen molar-refractivity contribution in [3.8, 4) is 5.75 Å². The Bertz CT molecular complexity index is 1300. The Morgan fingerprint density at radius 2 is 1.72 bits per heavy atom. The van der Waals surface area contributed by atoms with Gasteiger partial charge in [-0.05, 0) is 87.4 Å². The second kappa shape index (κ2) is 9.16. The highest BCUT2D eigenvalue weighted by Crippen LogP contribution is 2.48. The topological polar surface area (TPSA) is 76.7 Å². The summed E-state index contributed by atoms with van der Waals surface area (Å²) in [6.07, 6.45) is 2.91. The van der Waals surface area contributed by atoms with Gasteiger partial charge in [0.05, 0.1) is 11.6 Å². The molecule has 2 aliphatic rings. The van der Waals surface area contributed by atoms with Gasteiger partial charge in [-0.1, -0.05) is 48.5 Å². The smallest absolute Gasteiger partial charge is 0.408 e. The molecule has 36 heavy (non-hydrogen) atoms. The first-order valence-electron chi connectivity index (χ1n) is 12.7. The van der Waals surface area contributed by atoms with Crippen LogP contribution in [-0.4, -0.2) is 29.7 Å². The third kappa shape index (κ3) is 5.03. The Morgan fingerprint density at radius 3 is 2.42 bits per heavy atom. The molecule has 2 fully saturated rings. The van der Waals surface area contributed by atoms with Gasteiger partial charge in [-0.15, -0.1) is 0 Å². The Labute approximate surface area is 212 Å². The van der Waals surface area contributed by atoms with E-state index in [1.165, 1.54) is 16.3 Å². The van der Waals surface area contributed by atoms with Crippen LogP contribution in [0, 0.1) is 6.92 Å². The molecule has 1 unspecified atom stereocenters. The van der Waals surface area contributed by atoms with Crippen LogP contribution in [0.5, 0.6) is 5.75 Å². The number of carbonyl (C=O) groups is 2. The molecule has 3 aromatic rings. The van der Waals surface area contributed by atoms with E-state index in [0.717, 1.165) is 31.2 Å². The minimum absolute atomic E-state index is 0.0968. The number of hydrogen-bond donors (Lipinski definition) is 2. The van der Waals surface area contributed by atoms with E-state index in [9.17, 15) is 9.59 Å². The van der Waals surface area contributed by atoms with E-state index in [1.54, 1.807) is 0 Å². The molecule has 0 spiro atoms. The lowest BCUT2D eigenvalue weighted by Crippen LogP contribution is -2.53. The maximum absolute atomic E-state index is 13.5. The van der Waals surface area contributed by atoms with Gasteiger partial charge in [0.1, 0.15) is 17.5 Å². The molecule has 2 atom stereocenters. The number of rotatable bonds is 6. The summed E-state index contributed by atoms with van der Waals surface area (Å²) in [5.41, 5.74) is 1.79. The first-order chi connectivity index (χ1) is 17.1. The largest absolute Gasteiger partial charge is 0.488 e. The molecule has 2 aliphatic carbocycles. The van der Waals surface area contributed by atoms with Crippen molar-refractivity contribution in [2.75, 3.05) is 0 Å². The molecule has 5 rings (SSSR count). The number of amides is 2. The van der Waals surface area contributed by atoms with Crippen LogP contribution in [-0.2, 0) is 10.3 Å². The third-order valence-corrected chi connectivity index (χ3v) is 7.06. The van der Waals surface area contributed by atoms with Crippen LogP contribution < -0.4 is 15.4 Å². The molecule has 0 heterocycles. The van der Waals surface area contributed by atoms with E-state index in [-0.39, 0.29) is 23.6 Å². The SMILES string of the molecule is Cc1ccc(O[C@H]2CCC2NC(=O)OC(C)(C)C)cc1C(=O)NC1(c2cccc3ccccc23)CC1. The summed E-state index contributed by atoms with van der Waals surface area (Å²) >= 11 is 0. The highest BCUT2D eigenvalue weighted by Gasteiger charge is 2.46. The number of nitrogens with one attached hydrogen (secondary N) is 2. The summed E-state index contributed by atoms with van der Waals surface area (Å²) in [6.45, 7) is 7.46. The van der Waals surface area contributed by atoms with Crippen molar-refractivity contribution < 1.29 is 19.1 Å². The van der Waals surface area contributed by atoms with Crippen molar-refractivity contribution >= 4 is 22.8 Å². The van der Waals surface area contributed by atoms with Gasteiger partial charge in [0.15, 0.2) is 0 Å². The lowest BCUT2D eigenvalue weighted by atomic mass is 9.89. The first-order valence-corrected chi connectivity index (χ1v) is 12.7. The number of alkyl carbamates (subject to hydrolysis) is 1. The summed E-state index contributed by atoms with van der Waals surface area (Å²) in [5.74, 6) is 0.530. The van der Waals surface area contributed by atoms with Crippen LogP contribution in [0.4, 0.5) is 4.79 Å². The molecule has 3 aromatic carbocycles. The molecule has 188 valence electrons. The number of hydrogen-bond acceptors (Lipinski definition) is 4. The molecule has 0 aromatic heterocycles. The fraction of sp³-hybridized carbons (Fsp3) is 0.400. The summed E-state index contributed by atoms with van der Waals surface area (Å²) < 4.78 is 11.5. The molecule has 6 heteroatoms. The molecule has 0 saturated heterocycles. The van der Waals surface area contributed by atoms with Crippen LogP contribution in [0.2, 0.25) is 0 Å². The molecule has 2 amide bonds. The van der Waals surface area contributed by atoms with Crippen molar-refractivity contribution in [3.05, 3.63) is 77.4 Å². The van der Waals surface area contributed by atoms with Gasteiger partial charge in [0.2, 0.25) is 0 Å². The Kier molecular flexibility index (Phi) is 6.15. The number of fused-ring (bicyclic) bond motifs is 1. The predicted octanol–water partition coefficient (Wildman–Crippen LogP) is 6.00. The maximum Gasteiger partial charge on any atom is 0.408 e. The van der Waals surface area contributed by atoms with E-state index >= 15 is 0 Å². The van der Waals surface area contributed by atoms with E-state index in [1.807, 2.05) is 58.0 Å². The normalized spacial score (nSPS) is 20.2. The van der Waals surface area contributed by atoms with Gasteiger partial charge in [0.25, 0.3) is 5.91 Å². The minimum Gasteiger partial charge on any atom is -0.488 e. The van der Waals surface area contributed by atoms with E-state index in [2.05, 4.69) is 41.0 Å². The summed E-state index contributed by atoms with van der Waals surface area (Å²) in [4.78, 5) is 25.6. The minimum atomic E-state index is -0.547. The predicted molar refractivity (Wildman–Crippen MR) is 140 cm³/mol. The average molecular weight is 487 g/mol.